The van der Waals surface area contributed by atoms with Crippen LogP contribution in [0.5, 0.6) is 0 Å². The van der Waals surface area contributed by atoms with Crippen LogP contribution in [0.3, 0.4) is 0 Å². The number of amidine groups is 1. The molecule has 0 atom stereocenters. The molecular weight excluding hydrogens is 472 g/mol. The van der Waals surface area contributed by atoms with Gasteiger partial charge in [0.2, 0.25) is 5.91 Å². The van der Waals surface area contributed by atoms with Crippen LogP contribution < -0.4 is 0 Å². The third-order valence-electron chi connectivity index (χ3n) is 7.68. The van der Waals surface area contributed by atoms with Gasteiger partial charge in [-0.2, -0.15) is 0 Å². The van der Waals surface area contributed by atoms with Crippen LogP contribution in [-0.2, 0) is 9.53 Å². The zero-order valence-corrected chi connectivity index (χ0v) is 24.5. The summed E-state index contributed by atoms with van der Waals surface area (Å²) in [5.41, 5.74) is 5.53. The van der Waals surface area contributed by atoms with E-state index in [0.29, 0.717) is 12.5 Å². The van der Waals surface area contributed by atoms with Crippen molar-refractivity contribution >= 4 is 17.5 Å². The number of methoxy groups -OCH3 is 1. The van der Waals surface area contributed by atoms with Crippen molar-refractivity contribution < 1.29 is 9.53 Å². The van der Waals surface area contributed by atoms with E-state index in [1.165, 1.54) is 5.57 Å². The second-order valence-electron chi connectivity index (χ2n) is 11.5. The summed E-state index contributed by atoms with van der Waals surface area (Å²) >= 11 is 0. The molecule has 1 saturated heterocycles. The highest BCUT2D eigenvalue weighted by molar-refractivity contribution is 5.88. The van der Waals surface area contributed by atoms with Crippen molar-refractivity contribution in [3.63, 3.8) is 0 Å². The Morgan fingerprint density at radius 1 is 1.21 bits per heavy atom. The highest BCUT2D eigenvalue weighted by atomic mass is 16.5. The number of hydrogen-bond acceptors (Lipinski definition) is 5. The van der Waals surface area contributed by atoms with E-state index in [9.17, 15) is 4.79 Å². The molecule has 1 fully saturated rings. The van der Waals surface area contributed by atoms with Crippen LogP contribution in [0.4, 0.5) is 0 Å². The standard InChI is InChI=1S/C32H46N4O2/c1-9-10-30(27-11-13-29(38-8)14-12-28(21-27)32(5,6)7)34-24(3)26-16-19-35(20-17-26)31(37)22-36-18-15-23(2)33-25(36)4/h9-11,13,15,21,26H,1,12,14,16-20,22H2,2-8H3/b27-11+,28-21+,29-13+,30-10-,34-24?. The van der Waals surface area contributed by atoms with Crippen LogP contribution in [0, 0.1) is 11.3 Å². The average molecular weight is 519 g/mol. The molecule has 0 N–H and O–H groups in total. The summed E-state index contributed by atoms with van der Waals surface area (Å²) in [7, 11) is 1.74. The van der Waals surface area contributed by atoms with Crippen LogP contribution in [-0.4, -0.2) is 60.5 Å². The van der Waals surface area contributed by atoms with Gasteiger partial charge in [0, 0.05) is 49.0 Å². The lowest BCUT2D eigenvalue weighted by Crippen LogP contribution is -2.46. The molecule has 2 heterocycles. The van der Waals surface area contributed by atoms with E-state index in [1.54, 1.807) is 13.2 Å². The van der Waals surface area contributed by atoms with E-state index in [4.69, 9.17) is 9.73 Å². The van der Waals surface area contributed by atoms with Gasteiger partial charge in [0.25, 0.3) is 0 Å². The molecule has 0 unspecified atom stereocenters. The number of ether oxygens (including phenoxy) is 1. The molecule has 1 aliphatic carbocycles. The average Bonchev–Trinajstić information content (AvgIpc) is 2.85. The number of piperidine rings is 1. The van der Waals surface area contributed by atoms with E-state index in [-0.39, 0.29) is 11.3 Å². The van der Waals surface area contributed by atoms with Crippen LogP contribution in [0.1, 0.15) is 67.2 Å². The SMILES string of the molecule is C=C/C=C(N=C(C)C1CCN(C(=O)CN2CC=C(C)N=C2C)CC1)/C1=C/C=C(/OC)CC/C(C(C)(C)C)=C\1. The quantitative estimate of drug-likeness (QED) is 0.281. The predicted octanol–water partition coefficient (Wildman–Crippen LogP) is 6.62. The number of carbonyl (C=O) groups is 1. The number of likely N-dealkylation sites (tertiary alicyclic amines) is 1. The van der Waals surface area contributed by atoms with E-state index in [2.05, 4.69) is 63.6 Å². The maximum atomic E-state index is 13.0. The maximum Gasteiger partial charge on any atom is 0.242 e. The Bertz CT molecular complexity index is 1120. The van der Waals surface area contributed by atoms with Gasteiger partial charge in [0.1, 0.15) is 5.84 Å². The number of hydrogen-bond donors (Lipinski definition) is 0. The molecule has 206 valence electrons. The van der Waals surface area contributed by atoms with Gasteiger partial charge in [-0.3, -0.25) is 9.79 Å². The van der Waals surface area contributed by atoms with Crippen LogP contribution in [0.2, 0.25) is 0 Å². The number of aliphatic imine (C=N–C) groups is 2. The van der Waals surface area contributed by atoms with Crippen LogP contribution in [0.25, 0.3) is 0 Å². The summed E-state index contributed by atoms with van der Waals surface area (Å²) in [5, 5.41) is 0. The number of rotatable bonds is 7. The smallest absolute Gasteiger partial charge is 0.242 e. The Hall–Kier alpha value is -3.15. The molecule has 2 aliphatic heterocycles. The summed E-state index contributed by atoms with van der Waals surface area (Å²) < 4.78 is 5.61. The third-order valence-corrected chi connectivity index (χ3v) is 7.68. The summed E-state index contributed by atoms with van der Waals surface area (Å²) in [5.74, 6) is 2.41. The summed E-state index contributed by atoms with van der Waals surface area (Å²) in [6.07, 6.45) is 16.0. The molecule has 0 spiro atoms. The van der Waals surface area contributed by atoms with E-state index in [0.717, 1.165) is 79.6 Å². The topological polar surface area (TPSA) is 57.5 Å². The van der Waals surface area contributed by atoms with Crippen molar-refractivity contribution in [1.29, 1.82) is 0 Å². The number of allylic oxidation sites excluding steroid dienone is 8. The first-order valence-electron chi connectivity index (χ1n) is 13.8. The normalized spacial score (nSPS) is 24.6. The summed E-state index contributed by atoms with van der Waals surface area (Å²) in [4.78, 5) is 26.7. The molecule has 6 heteroatoms. The molecule has 3 rings (SSSR count). The van der Waals surface area contributed by atoms with Crippen molar-refractivity contribution in [2.24, 2.45) is 21.3 Å². The van der Waals surface area contributed by atoms with Gasteiger partial charge in [-0.05, 0) is 69.8 Å². The maximum absolute atomic E-state index is 13.0. The molecular formula is C32H46N4O2. The lowest BCUT2D eigenvalue weighted by atomic mass is 9.81. The number of nitrogens with zero attached hydrogens (tertiary/aromatic N) is 4. The van der Waals surface area contributed by atoms with Crippen LogP contribution >= 0.6 is 0 Å². The molecule has 0 radical (unpaired) electrons. The molecule has 38 heavy (non-hydrogen) atoms. The predicted molar refractivity (Wildman–Crippen MR) is 159 cm³/mol. The van der Waals surface area contributed by atoms with Crippen molar-refractivity contribution in [1.82, 2.24) is 9.80 Å². The fourth-order valence-corrected chi connectivity index (χ4v) is 5.08. The highest BCUT2D eigenvalue weighted by Crippen LogP contribution is 2.34. The summed E-state index contributed by atoms with van der Waals surface area (Å²) in [6, 6.07) is 0. The second-order valence-corrected chi connectivity index (χ2v) is 11.5. The van der Waals surface area contributed by atoms with Crippen molar-refractivity contribution in [2.45, 2.75) is 67.2 Å². The Kier molecular flexibility index (Phi) is 10.1. The van der Waals surface area contributed by atoms with Gasteiger partial charge in [-0.25, -0.2) is 4.99 Å². The zero-order chi connectivity index (χ0) is 27.9. The fourth-order valence-electron chi connectivity index (χ4n) is 5.08. The third kappa shape index (κ3) is 7.92. The second kappa shape index (κ2) is 13.1. The Balaban J connectivity index is 1.72. The molecule has 0 aromatic rings. The minimum absolute atomic E-state index is 0.0560. The van der Waals surface area contributed by atoms with Crippen molar-refractivity contribution in [2.75, 3.05) is 33.3 Å². The first-order valence-corrected chi connectivity index (χ1v) is 13.8. The van der Waals surface area contributed by atoms with E-state index in [1.807, 2.05) is 29.7 Å². The Morgan fingerprint density at radius 2 is 1.92 bits per heavy atom. The lowest BCUT2D eigenvalue weighted by molar-refractivity contribution is -0.132. The molecule has 0 bridgehead atoms. The minimum atomic E-state index is 0.0560. The highest BCUT2D eigenvalue weighted by Gasteiger charge is 2.26. The molecule has 0 aromatic carbocycles. The molecule has 0 saturated carbocycles. The van der Waals surface area contributed by atoms with Gasteiger partial charge in [0.05, 0.1) is 25.1 Å². The van der Waals surface area contributed by atoms with Gasteiger partial charge in [-0.1, -0.05) is 45.1 Å². The van der Waals surface area contributed by atoms with Gasteiger partial charge in [-0.15, -0.1) is 0 Å². The molecule has 0 aromatic heterocycles. The Labute approximate surface area is 229 Å². The van der Waals surface area contributed by atoms with Crippen LogP contribution in [0.15, 0.2) is 81.3 Å². The Morgan fingerprint density at radius 3 is 2.53 bits per heavy atom. The van der Waals surface area contributed by atoms with Crippen molar-refractivity contribution in [3.05, 3.63) is 71.3 Å². The molecule has 3 aliphatic rings. The largest absolute Gasteiger partial charge is 0.501 e. The number of amides is 1. The van der Waals surface area contributed by atoms with E-state index >= 15 is 0 Å². The molecule has 6 nitrogen and oxygen atoms in total. The van der Waals surface area contributed by atoms with Gasteiger partial charge in [0.15, 0.2) is 0 Å². The van der Waals surface area contributed by atoms with E-state index < -0.39 is 0 Å². The minimum Gasteiger partial charge on any atom is -0.501 e. The number of carbonyl (C=O) groups excluding carboxylic acids is 1. The fraction of sp³-hybridized carbons (Fsp3) is 0.531. The van der Waals surface area contributed by atoms with Crippen molar-refractivity contribution in [3.8, 4) is 0 Å². The lowest BCUT2D eigenvalue weighted by Gasteiger charge is -2.34. The van der Waals surface area contributed by atoms with Gasteiger partial charge < -0.3 is 14.5 Å². The summed E-state index contributed by atoms with van der Waals surface area (Å²) in [6.45, 7) is 19.4. The van der Waals surface area contributed by atoms with Gasteiger partial charge >= 0.3 is 0 Å². The monoisotopic (exact) mass is 518 g/mol. The zero-order valence-electron chi connectivity index (χ0n) is 24.5. The first-order chi connectivity index (χ1) is 18.0. The first kappa shape index (κ1) is 29.4. The molecule has 1 amide bonds.